The number of halogens is 1. The second-order valence-electron chi connectivity index (χ2n) is 3.68. The molecule has 3 N–H and O–H groups in total. The van der Waals surface area contributed by atoms with Gasteiger partial charge in [0.15, 0.2) is 6.61 Å². The monoisotopic (exact) mass is 300 g/mol. The molecule has 1 amide bonds. The first-order chi connectivity index (χ1) is 8.13. The summed E-state index contributed by atoms with van der Waals surface area (Å²) in [5.41, 5.74) is 6.12. The van der Waals surface area contributed by atoms with Crippen LogP contribution in [0, 0.1) is 0 Å². The molecule has 0 unspecified atom stereocenters. The van der Waals surface area contributed by atoms with E-state index in [2.05, 4.69) is 28.2 Å². The summed E-state index contributed by atoms with van der Waals surface area (Å²) in [5.74, 6) is 0.180. The van der Waals surface area contributed by atoms with Gasteiger partial charge in [0, 0.05) is 11.0 Å². The highest BCUT2D eigenvalue weighted by Gasteiger charge is 2.03. The number of carbonyl (C=O) groups is 1. The van der Waals surface area contributed by atoms with E-state index in [1.165, 1.54) is 0 Å². The molecule has 4 nitrogen and oxygen atoms in total. The number of nitrogens with two attached hydrogens (primary N) is 1. The van der Waals surface area contributed by atoms with E-state index in [0.29, 0.717) is 5.75 Å². The van der Waals surface area contributed by atoms with E-state index in [1.807, 2.05) is 12.1 Å². The van der Waals surface area contributed by atoms with Gasteiger partial charge in [0.1, 0.15) is 5.75 Å². The number of rotatable bonds is 7. The van der Waals surface area contributed by atoms with E-state index in [0.717, 1.165) is 29.5 Å². The minimum atomic E-state index is -0.474. The molecule has 0 aliphatic carbocycles. The molecule has 0 aliphatic heterocycles. The van der Waals surface area contributed by atoms with Crippen LogP contribution in [-0.2, 0) is 11.3 Å². The Kier molecular flexibility index (Phi) is 6.00. The van der Waals surface area contributed by atoms with E-state index in [-0.39, 0.29) is 6.61 Å². The molecule has 0 saturated heterocycles. The summed E-state index contributed by atoms with van der Waals surface area (Å²) in [6.07, 6.45) is 1.09. The molecule has 5 heteroatoms. The van der Waals surface area contributed by atoms with Crippen LogP contribution in [-0.4, -0.2) is 19.1 Å². The Balaban J connectivity index is 2.62. The molecule has 0 saturated carbocycles. The first kappa shape index (κ1) is 14.0. The van der Waals surface area contributed by atoms with Crippen molar-refractivity contribution in [2.75, 3.05) is 13.2 Å². The van der Waals surface area contributed by atoms with Gasteiger partial charge in [-0.3, -0.25) is 4.79 Å². The van der Waals surface area contributed by atoms with Gasteiger partial charge in [0.25, 0.3) is 5.91 Å². The molecule has 94 valence electrons. The van der Waals surface area contributed by atoms with Gasteiger partial charge >= 0.3 is 0 Å². The summed E-state index contributed by atoms with van der Waals surface area (Å²) in [4.78, 5) is 10.6. The third kappa shape index (κ3) is 5.19. The normalized spacial score (nSPS) is 10.2. The lowest BCUT2D eigenvalue weighted by molar-refractivity contribution is -0.119. The topological polar surface area (TPSA) is 64.3 Å². The second kappa shape index (κ2) is 7.29. The van der Waals surface area contributed by atoms with Gasteiger partial charge in [0.2, 0.25) is 0 Å². The van der Waals surface area contributed by atoms with E-state index in [4.69, 9.17) is 10.5 Å². The Morgan fingerprint density at radius 3 is 2.94 bits per heavy atom. The molecule has 17 heavy (non-hydrogen) atoms. The summed E-state index contributed by atoms with van der Waals surface area (Å²) in [6.45, 7) is 3.76. The Morgan fingerprint density at radius 1 is 1.53 bits per heavy atom. The fourth-order valence-corrected chi connectivity index (χ4v) is 1.72. The summed E-state index contributed by atoms with van der Waals surface area (Å²) < 4.78 is 6.27. The summed E-state index contributed by atoms with van der Waals surface area (Å²) in [5, 5.41) is 3.31. The average molecular weight is 301 g/mol. The zero-order valence-electron chi connectivity index (χ0n) is 9.83. The lowest BCUT2D eigenvalue weighted by Gasteiger charge is -2.09. The summed E-state index contributed by atoms with van der Waals surface area (Å²) >= 11 is 3.48. The molecular formula is C12H17BrN2O2. The van der Waals surface area contributed by atoms with Crippen molar-refractivity contribution < 1.29 is 9.53 Å². The maximum atomic E-state index is 10.6. The Morgan fingerprint density at radius 2 is 2.29 bits per heavy atom. The molecule has 1 aromatic rings. The SMILES string of the molecule is CCCNCc1cc(OCC(N)=O)ccc1Br. The lowest BCUT2D eigenvalue weighted by atomic mass is 10.2. The van der Waals surface area contributed by atoms with Crippen LogP contribution in [0.3, 0.4) is 0 Å². The van der Waals surface area contributed by atoms with Crippen molar-refractivity contribution in [1.82, 2.24) is 5.32 Å². The van der Waals surface area contributed by atoms with Gasteiger partial charge in [0.05, 0.1) is 0 Å². The molecule has 0 aliphatic rings. The fourth-order valence-electron chi connectivity index (χ4n) is 1.33. The second-order valence-corrected chi connectivity index (χ2v) is 4.54. The van der Waals surface area contributed by atoms with Gasteiger partial charge in [-0.1, -0.05) is 22.9 Å². The minimum absolute atomic E-state index is 0.0938. The van der Waals surface area contributed by atoms with E-state index in [1.54, 1.807) is 6.07 Å². The van der Waals surface area contributed by atoms with Crippen molar-refractivity contribution in [2.24, 2.45) is 5.73 Å². The van der Waals surface area contributed by atoms with Crippen LogP contribution in [0.15, 0.2) is 22.7 Å². The van der Waals surface area contributed by atoms with Crippen LogP contribution in [0.1, 0.15) is 18.9 Å². The smallest absolute Gasteiger partial charge is 0.255 e. The molecular weight excluding hydrogens is 284 g/mol. The van der Waals surface area contributed by atoms with Crippen LogP contribution >= 0.6 is 15.9 Å². The maximum absolute atomic E-state index is 10.6. The average Bonchev–Trinajstić information content (AvgIpc) is 2.30. The summed E-state index contributed by atoms with van der Waals surface area (Å²) in [6, 6.07) is 5.60. The number of benzene rings is 1. The molecule has 0 bridgehead atoms. The van der Waals surface area contributed by atoms with Crippen LogP contribution in [0.25, 0.3) is 0 Å². The van der Waals surface area contributed by atoms with Gasteiger partial charge in [-0.15, -0.1) is 0 Å². The maximum Gasteiger partial charge on any atom is 0.255 e. The lowest BCUT2D eigenvalue weighted by Crippen LogP contribution is -2.20. The highest BCUT2D eigenvalue weighted by Crippen LogP contribution is 2.22. The van der Waals surface area contributed by atoms with Crippen molar-refractivity contribution in [3.8, 4) is 5.75 Å². The summed E-state index contributed by atoms with van der Waals surface area (Å²) in [7, 11) is 0. The first-order valence-electron chi connectivity index (χ1n) is 5.53. The van der Waals surface area contributed by atoms with Crippen molar-refractivity contribution in [3.63, 3.8) is 0 Å². The number of hydrogen-bond acceptors (Lipinski definition) is 3. The van der Waals surface area contributed by atoms with Gasteiger partial charge < -0.3 is 15.8 Å². The number of carbonyl (C=O) groups excluding carboxylic acids is 1. The molecule has 0 heterocycles. The standard InChI is InChI=1S/C12H17BrN2O2/c1-2-5-15-7-9-6-10(3-4-11(9)13)17-8-12(14)16/h3-4,6,15H,2,5,7-8H2,1H3,(H2,14,16). The largest absolute Gasteiger partial charge is 0.484 e. The number of ether oxygens (including phenoxy) is 1. The third-order valence-corrected chi connectivity index (χ3v) is 2.91. The quantitative estimate of drug-likeness (QED) is 0.755. The molecule has 0 radical (unpaired) electrons. The van der Waals surface area contributed by atoms with Crippen LogP contribution in [0.2, 0.25) is 0 Å². The molecule has 1 aromatic carbocycles. The van der Waals surface area contributed by atoms with E-state index < -0.39 is 5.91 Å². The zero-order valence-corrected chi connectivity index (χ0v) is 11.4. The highest BCUT2D eigenvalue weighted by molar-refractivity contribution is 9.10. The molecule has 0 aromatic heterocycles. The number of primary amides is 1. The molecule has 0 spiro atoms. The van der Waals surface area contributed by atoms with Crippen LogP contribution in [0.5, 0.6) is 5.75 Å². The minimum Gasteiger partial charge on any atom is -0.484 e. The van der Waals surface area contributed by atoms with Gasteiger partial charge in [-0.25, -0.2) is 0 Å². The predicted molar refractivity (Wildman–Crippen MR) is 70.8 cm³/mol. The zero-order chi connectivity index (χ0) is 12.7. The predicted octanol–water partition coefficient (Wildman–Crippen LogP) is 1.81. The van der Waals surface area contributed by atoms with E-state index in [9.17, 15) is 4.79 Å². The van der Waals surface area contributed by atoms with Crippen molar-refractivity contribution >= 4 is 21.8 Å². The van der Waals surface area contributed by atoms with Crippen LogP contribution < -0.4 is 15.8 Å². The van der Waals surface area contributed by atoms with E-state index >= 15 is 0 Å². The number of amides is 1. The molecule has 1 rings (SSSR count). The Hall–Kier alpha value is -1.07. The molecule has 0 atom stereocenters. The number of hydrogen-bond donors (Lipinski definition) is 2. The van der Waals surface area contributed by atoms with Crippen molar-refractivity contribution in [2.45, 2.75) is 19.9 Å². The van der Waals surface area contributed by atoms with Crippen molar-refractivity contribution in [1.29, 1.82) is 0 Å². The van der Waals surface area contributed by atoms with Crippen molar-refractivity contribution in [3.05, 3.63) is 28.2 Å². The Bertz CT molecular complexity index is 383. The highest BCUT2D eigenvalue weighted by atomic mass is 79.9. The number of nitrogens with one attached hydrogen (secondary N) is 1. The first-order valence-corrected chi connectivity index (χ1v) is 6.33. The van der Waals surface area contributed by atoms with Gasteiger partial charge in [-0.05, 0) is 36.7 Å². The third-order valence-electron chi connectivity index (χ3n) is 2.14. The fraction of sp³-hybridized carbons (Fsp3) is 0.417. The van der Waals surface area contributed by atoms with Crippen LogP contribution in [0.4, 0.5) is 0 Å². The Labute approximate surface area is 110 Å². The van der Waals surface area contributed by atoms with Gasteiger partial charge in [-0.2, -0.15) is 0 Å². The molecule has 0 fully saturated rings.